The van der Waals surface area contributed by atoms with Crippen LogP contribution < -0.4 is 10.1 Å². The molecule has 0 unspecified atom stereocenters. The van der Waals surface area contributed by atoms with Gasteiger partial charge in [-0.3, -0.25) is 4.79 Å². The van der Waals surface area contributed by atoms with Crippen LogP contribution in [0.1, 0.15) is 31.8 Å². The highest BCUT2D eigenvalue weighted by atomic mass is 19.4. The summed E-state index contributed by atoms with van der Waals surface area (Å²) in [5.74, 6) is -2.81. The summed E-state index contributed by atoms with van der Waals surface area (Å²) in [6, 6.07) is 20.9. The zero-order chi connectivity index (χ0) is 29.3. The Kier molecular flexibility index (Phi) is 9.52. The molecule has 0 aliphatic heterocycles. The van der Waals surface area contributed by atoms with E-state index in [0.717, 1.165) is 16.9 Å². The van der Waals surface area contributed by atoms with Crippen LogP contribution in [0.2, 0.25) is 0 Å². The number of tetrazole rings is 1. The van der Waals surface area contributed by atoms with Crippen molar-refractivity contribution in [2.75, 3.05) is 7.11 Å². The first kappa shape index (κ1) is 29.3. The van der Waals surface area contributed by atoms with Gasteiger partial charge in [-0.2, -0.15) is 18.0 Å². The quantitative estimate of drug-likeness (QED) is 0.294. The lowest BCUT2D eigenvalue weighted by molar-refractivity contribution is -0.192. The Bertz CT molecular complexity index is 1470. The number of aromatic carboxylic acids is 1. The highest BCUT2D eigenvalue weighted by molar-refractivity contribution is 5.95. The molecule has 0 radical (unpaired) electrons. The van der Waals surface area contributed by atoms with Gasteiger partial charge in [0.15, 0.2) is 0 Å². The van der Waals surface area contributed by atoms with Crippen LogP contribution in [-0.2, 0) is 17.9 Å². The van der Waals surface area contributed by atoms with Gasteiger partial charge in [0, 0.05) is 17.7 Å². The number of hydrogen-bond acceptors (Lipinski definition) is 7. The first-order chi connectivity index (χ1) is 19.0. The molecule has 14 heteroatoms. The lowest BCUT2D eigenvalue weighted by Gasteiger charge is -2.07. The third-order valence-electron chi connectivity index (χ3n) is 5.22. The Balaban J connectivity index is 0.000000559. The highest BCUT2D eigenvalue weighted by Crippen LogP contribution is 2.17. The molecule has 0 aliphatic rings. The summed E-state index contributed by atoms with van der Waals surface area (Å²) in [6.07, 6.45) is -5.08. The number of nitrogens with one attached hydrogen (secondary N) is 1. The molecule has 1 amide bonds. The van der Waals surface area contributed by atoms with Crippen molar-refractivity contribution in [3.63, 3.8) is 0 Å². The van der Waals surface area contributed by atoms with Crippen LogP contribution in [0.5, 0.6) is 5.75 Å². The van der Waals surface area contributed by atoms with Crippen molar-refractivity contribution in [1.82, 2.24) is 25.5 Å². The van der Waals surface area contributed by atoms with Gasteiger partial charge in [-0.1, -0.05) is 36.4 Å². The van der Waals surface area contributed by atoms with E-state index in [1.807, 2.05) is 30.3 Å². The van der Waals surface area contributed by atoms with E-state index < -0.39 is 18.1 Å². The molecule has 4 rings (SSSR count). The third kappa shape index (κ3) is 8.37. The predicted octanol–water partition coefficient (Wildman–Crippen LogP) is 3.66. The molecule has 0 atom stereocenters. The Hall–Kier alpha value is -5.27. The largest absolute Gasteiger partial charge is 0.497 e. The molecule has 11 nitrogen and oxygen atoms in total. The minimum Gasteiger partial charge on any atom is -0.497 e. The Morgan fingerprint density at radius 2 is 1.55 bits per heavy atom. The fourth-order valence-electron chi connectivity index (χ4n) is 3.17. The number of hydrogen-bond donors (Lipinski definition) is 3. The maximum atomic E-state index is 12.6. The number of alkyl halides is 3. The normalized spacial score (nSPS) is 10.7. The summed E-state index contributed by atoms with van der Waals surface area (Å²) in [5, 5.41) is 31.6. The second-order valence-electron chi connectivity index (χ2n) is 8.06. The fourth-order valence-corrected chi connectivity index (χ4v) is 3.17. The first-order valence-electron chi connectivity index (χ1n) is 11.4. The van der Waals surface area contributed by atoms with E-state index in [4.69, 9.17) is 19.7 Å². The molecule has 0 saturated carbocycles. The summed E-state index contributed by atoms with van der Waals surface area (Å²) < 4.78 is 36.9. The van der Waals surface area contributed by atoms with Crippen LogP contribution in [0.25, 0.3) is 11.4 Å². The van der Waals surface area contributed by atoms with Gasteiger partial charge in [0.1, 0.15) is 5.75 Å². The third-order valence-corrected chi connectivity index (χ3v) is 5.22. The van der Waals surface area contributed by atoms with Gasteiger partial charge in [-0.05, 0) is 52.7 Å². The monoisotopic (exact) mass is 557 g/mol. The molecule has 0 saturated heterocycles. The smallest absolute Gasteiger partial charge is 0.490 e. The molecule has 1 aromatic heterocycles. The van der Waals surface area contributed by atoms with Gasteiger partial charge in [0.05, 0.1) is 19.2 Å². The Morgan fingerprint density at radius 3 is 2.12 bits per heavy atom. The molecule has 4 aromatic rings. The molecule has 3 N–H and O–H groups in total. The number of amides is 1. The maximum absolute atomic E-state index is 12.6. The topological polar surface area (TPSA) is 157 Å². The number of carboxylic acids is 2. The summed E-state index contributed by atoms with van der Waals surface area (Å²) in [6.45, 7) is 0.733. The predicted molar refractivity (Wildman–Crippen MR) is 134 cm³/mol. The first-order valence-corrected chi connectivity index (χ1v) is 11.4. The lowest BCUT2D eigenvalue weighted by Crippen LogP contribution is -2.22. The molecular formula is C26H22F3N5O6. The number of nitrogens with zero attached hydrogens (tertiary/aromatic N) is 4. The minimum atomic E-state index is -5.08. The van der Waals surface area contributed by atoms with Crippen molar-refractivity contribution in [2.45, 2.75) is 19.3 Å². The van der Waals surface area contributed by atoms with Gasteiger partial charge in [0.2, 0.25) is 5.82 Å². The zero-order valence-electron chi connectivity index (χ0n) is 20.8. The van der Waals surface area contributed by atoms with Crippen LogP contribution in [0, 0.1) is 0 Å². The number of carbonyl (C=O) groups is 3. The van der Waals surface area contributed by atoms with E-state index in [1.165, 1.54) is 16.9 Å². The SMILES string of the molecule is COc1ccc(Cn2nnc(-c3cccc(C(=O)NCc4ccc(C(=O)O)cc4)c3)n2)cc1.O=C(O)C(F)(F)F. The van der Waals surface area contributed by atoms with Gasteiger partial charge in [-0.25, -0.2) is 9.59 Å². The van der Waals surface area contributed by atoms with Crippen LogP contribution in [0.15, 0.2) is 72.8 Å². The number of aliphatic carboxylic acids is 1. The molecule has 0 aliphatic carbocycles. The number of benzene rings is 3. The Morgan fingerprint density at radius 1 is 0.925 bits per heavy atom. The lowest BCUT2D eigenvalue weighted by atomic mass is 10.1. The second kappa shape index (κ2) is 13.0. The number of ether oxygens (including phenoxy) is 1. The molecule has 40 heavy (non-hydrogen) atoms. The Labute approximate surface area is 224 Å². The van der Waals surface area contributed by atoms with E-state index in [0.29, 0.717) is 23.5 Å². The average Bonchev–Trinajstić information content (AvgIpc) is 3.41. The number of carbonyl (C=O) groups excluding carboxylic acids is 1. The number of halogens is 3. The minimum absolute atomic E-state index is 0.199. The van der Waals surface area contributed by atoms with E-state index in [9.17, 15) is 22.8 Å². The number of carboxylic acid groups (broad SMARTS) is 2. The van der Waals surface area contributed by atoms with Crippen LogP contribution in [-0.4, -0.2) is 61.6 Å². The van der Waals surface area contributed by atoms with E-state index >= 15 is 0 Å². The van der Waals surface area contributed by atoms with E-state index in [1.54, 1.807) is 37.4 Å². The van der Waals surface area contributed by atoms with E-state index in [-0.39, 0.29) is 18.0 Å². The van der Waals surface area contributed by atoms with Crippen molar-refractivity contribution in [3.05, 3.63) is 95.1 Å². The summed E-state index contributed by atoms with van der Waals surface area (Å²) in [4.78, 5) is 33.9. The molecule has 0 bridgehead atoms. The van der Waals surface area contributed by atoms with Crippen molar-refractivity contribution in [2.24, 2.45) is 0 Å². The fraction of sp³-hybridized carbons (Fsp3) is 0.154. The summed E-state index contributed by atoms with van der Waals surface area (Å²) in [5.41, 5.74) is 3.14. The number of methoxy groups -OCH3 is 1. The molecule has 208 valence electrons. The average molecular weight is 557 g/mol. The van der Waals surface area contributed by atoms with Crippen molar-refractivity contribution in [3.8, 4) is 17.1 Å². The maximum Gasteiger partial charge on any atom is 0.490 e. The van der Waals surface area contributed by atoms with Gasteiger partial charge < -0.3 is 20.3 Å². The van der Waals surface area contributed by atoms with Crippen LogP contribution >= 0.6 is 0 Å². The van der Waals surface area contributed by atoms with Gasteiger partial charge in [-0.15, -0.1) is 10.2 Å². The zero-order valence-corrected chi connectivity index (χ0v) is 20.8. The highest BCUT2D eigenvalue weighted by Gasteiger charge is 2.38. The number of aromatic nitrogens is 4. The van der Waals surface area contributed by atoms with Gasteiger partial charge >= 0.3 is 18.1 Å². The molecule has 0 spiro atoms. The van der Waals surface area contributed by atoms with Crippen molar-refractivity contribution >= 4 is 17.8 Å². The molecule has 0 fully saturated rings. The van der Waals surface area contributed by atoms with Crippen molar-refractivity contribution < 1.29 is 42.5 Å². The van der Waals surface area contributed by atoms with Crippen LogP contribution in [0.4, 0.5) is 13.2 Å². The summed E-state index contributed by atoms with van der Waals surface area (Å²) in [7, 11) is 1.62. The molecule has 3 aromatic carbocycles. The van der Waals surface area contributed by atoms with Crippen molar-refractivity contribution in [1.29, 1.82) is 0 Å². The summed E-state index contributed by atoms with van der Waals surface area (Å²) >= 11 is 0. The van der Waals surface area contributed by atoms with Crippen LogP contribution in [0.3, 0.4) is 0 Å². The molecular weight excluding hydrogens is 535 g/mol. The van der Waals surface area contributed by atoms with Gasteiger partial charge in [0.25, 0.3) is 5.91 Å². The standard InChI is InChI=1S/C24H21N5O4.C2HF3O2/c1-33-21-11-7-17(8-12-21)15-29-27-22(26-28-29)19-3-2-4-20(13-19)23(30)25-14-16-5-9-18(10-6-16)24(31)32;3-2(4,5)1(6)7/h2-13H,14-15H2,1H3,(H,25,30)(H,31,32);(H,6,7). The number of rotatable bonds is 8. The molecule has 1 heterocycles. The van der Waals surface area contributed by atoms with E-state index in [2.05, 4.69) is 20.7 Å². The second-order valence-corrected chi connectivity index (χ2v) is 8.06.